The lowest BCUT2D eigenvalue weighted by Gasteiger charge is -2.15. The van der Waals surface area contributed by atoms with Crippen molar-refractivity contribution in [3.63, 3.8) is 0 Å². The van der Waals surface area contributed by atoms with Crippen LogP contribution in [0.3, 0.4) is 0 Å². The molecule has 2 rings (SSSR count). The molecule has 0 saturated carbocycles. The van der Waals surface area contributed by atoms with Gasteiger partial charge in [-0.3, -0.25) is 4.99 Å². The van der Waals surface area contributed by atoms with E-state index in [1.807, 2.05) is 12.1 Å². The van der Waals surface area contributed by atoms with Crippen LogP contribution in [0.4, 0.5) is 5.69 Å². The number of nitrogens with two attached hydrogens (primary N) is 1. The number of hydrogen-bond donors (Lipinski definition) is 1. The number of hydrogen-bond acceptors (Lipinski definition) is 3. The molecule has 1 aliphatic heterocycles. The van der Waals surface area contributed by atoms with Crippen molar-refractivity contribution in [2.45, 2.75) is 6.42 Å². The van der Waals surface area contributed by atoms with E-state index in [0.717, 1.165) is 23.7 Å². The first kappa shape index (κ1) is 8.63. The molecule has 0 spiro atoms. The molecule has 1 aliphatic rings. The van der Waals surface area contributed by atoms with Crippen molar-refractivity contribution in [1.29, 1.82) is 0 Å². The molecule has 0 saturated heterocycles. The van der Waals surface area contributed by atoms with E-state index in [1.165, 1.54) is 11.1 Å². The number of fused-ring (bicyclic) bond motifs is 1. The number of benzene rings is 1. The third-order valence-electron chi connectivity index (χ3n) is 2.19. The van der Waals surface area contributed by atoms with Crippen LogP contribution in [0, 0.1) is 0 Å². The number of thioether (sulfide) groups is 1. The summed E-state index contributed by atoms with van der Waals surface area (Å²) < 4.78 is 0. The van der Waals surface area contributed by atoms with E-state index in [1.54, 1.807) is 11.8 Å². The number of nitrogens with zero attached hydrogens (tertiary/aromatic N) is 1. The van der Waals surface area contributed by atoms with Crippen molar-refractivity contribution in [2.75, 3.05) is 18.5 Å². The monoisotopic (exact) mass is 192 g/mol. The zero-order valence-corrected chi connectivity index (χ0v) is 8.40. The van der Waals surface area contributed by atoms with Crippen LogP contribution in [-0.2, 0) is 6.42 Å². The summed E-state index contributed by atoms with van der Waals surface area (Å²) >= 11 is 1.69. The molecule has 0 bridgehead atoms. The Morgan fingerprint density at radius 1 is 1.46 bits per heavy atom. The first-order chi connectivity index (χ1) is 6.31. The Hall–Kier alpha value is -0.960. The summed E-state index contributed by atoms with van der Waals surface area (Å²) in [5, 5.41) is 1.12. The first-order valence-corrected chi connectivity index (χ1v) is 5.51. The number of aliphatic imine (C=N–C) groups is 1. The molecule has 1 heterocycles. The van der Waals surface area contributed by atoms with E-state index in [-0.39, 0.29) is 0 Å². The number of rotatable bonds is 0. The van der Waals surface area contributed by atoms with Gasteiger partial charge in [-0.15, -0.1) is 11.8 Å². The molecule has 0 atom stereocenters. The lowest BCUT2D eigenvalue weighted by molar-refractivity contribution is 0.950. The minimum absolute atomic E-state index is 0.822. The van der Waals surface area contributed by atoms with Crippen LogP contribution in [0.5, 0.6) is 0 Å². The molecule has 2 nitrogen and oxygen atoms in total. The van der Waals surface area contributed by atoms with E-state index in [9.17, 15) is 0 Å². The molecule has 0 amide bonds. The summed E-state index contributed by atoms with van der Waals surface area (Å²) in [6.45, 7) is 0.910. The Bertz CT molecular complexity index is 358. The van der Waals surface area contributed by atoms with Crippen LogP contribution in [0.15, 0.2) is 23.2 Å². The summed E-state index contributed by atoms with van der Waals surface area (Å²) in [7, 11) is 0. The van der Waals surface area contributed by atoms with Gasteiger partial charge in [0.15, 0.2) is 0 Å². The second-order valence-corrected chi connectivity index (χ2v) is 3.85. The molecule has 1 aromatic rings. The van der Waals surface area contributed by atoms with Gasteiger partial charge in [0.25, 0.3) is 0 Å². The van der Waals surface area contributed by atoms with Gasteiger partial charge in [0.2, 0.25) is 0 Å². The highest BCUT2D eigenvalue weighted by Crippen LogP contribution is 2.23. The highest BCUT2D eigenvalue weighted by atomic mass is 32.2. The fourth-order valence-electron chi connectivity index (χ4n) is 1.55. The standard InChI is InChI=1S/C10H12N2S/c1-13-10-9-6-8(11)3-2-7(9)4-5-12-10/h2-3,6H,4-5,11H2,1H3. The van der Waals surface area contributed by atoms with Crippen molar-refractivity contribution in [3.8, 4) is 0 Å². The third-order valence-corrected chi connectivity index (χ3v) is 2.93. The fourth-order valence-corrected chi connectivity index (χ4v) is 2.18. The van der Waals surface area contributed by atoms with E-state index in [0.29, 0.717) is 0 Å². The van der Waals surface area contributed by atoms with Gasteiger partial charge in [0.05, 0.1) is 5.04 Å². The van der Waals surface area contributed by atoms with Gasteiger partial charge in [0, 0.05) is 17.8 Å². The molecular formula is C10H12N2S. The van der Waals surface area contributed by atoms with Gasteiger partial charge in [-0.2, -0.15) is 0 Å². The molecule has 0 radical (unpaired) electrons. The Morgan fingerprint density at radius 2 is 2.31 bits per heavy atom. The Morgan fingerprint density at radius 3 is 3.08 bits per heavy atom. The maximum absolute atomic E-state index is 5.73. The Labute approximate surface area is 82.2 Å². The van der Waals surface area contributed by atoms with Crippen LogP contribution in [-0.4, -0.2) is 17.8 Å². The maximum atomic E-state index is 5.73. The van der Waals surface area contributed by atoms with E-state index in [2.05, 4.69) is 17.3 Å². The van der Waals surface area contributed by atoms with Crippen molar-refractivity contribution in [3.05, 3.63) is 29.3 Å². The Kier molecular flexibility index (Phi) is 2.27. The van der Waals surface area contributed by atoms with Gasteiger partial charge in [0.1, 0.15) is 0 Å². The SMILES string of the molecule is CSC1=NCCc2ccc(N)cc21. The van der Waals surface area contributed by atoms with Crippen molar-refractivity contribution in [1.82, 2.24) is 0 Å². The average molecular weight is 192 g/mol. The Balaban J connectivity index is 2.51. The fraction of sp³-hybridized carbons (Fsp3) is 0.300. The quantitative estimate of drug-likeness (QED) is 0.638. The summed E-state index contributed by atoms with van der Waals surface area (Å²) in [6.07, 6.45) is 3.09. The number of nitrogen functional groups attached to an aromatic ring is 1. The van der Waals surface area contributed by atoms with Gasteiger partial charge in [-0.05, 0) is 30.4 Å². The van der Waals surface area contributed by atoms with Crippen LogP contribution < -0.4 is 5.73 Å². The van der Waals surface area contributed by atoms with Crippen molar-refractivity contribution >= 4 is 22.5 Å². The smallest absolute Gasteiger partial charge is 0.0977 e. The van der Waals surface area contributed by atoms with Crippen LogP contribution in [0.1, 0.15) is 11.1 Å². The third kappa shape index (κ3) is 1.56. The summed E-state index contributed by atoms with van der Waals surface area (Å²) in [5.41, 5.74) is 9.15. The lowest BCUT2D eigenvalue weighted by Crippen LogP contribution is -2.10. The molecule has 1 aromatic carbocycles. The van der Waals surface area contributed by atoms with Gasteiger partial charge >= 0.3 is 0 Å². The van der Waals surface area contributed by atoms with E-state index in [4.69, 9.17) is 5.73 Å². The van der Waals surface area contributed by atoms with Gasteiger partial charge in [-0.25, -0.2) is 0 Å². The summed E-state index contributed by atoms with van der Waals surface area (Å²) in [6, 6.07) is 6.08. The molecule has 0 aliphatic carbocycles. The second-order valence-electron chi connectivity index (χ2n) is 3.06. The second kappa shape index (κ2) is 3.42. The molecule has 2 N–H and O–H groups in total. The molecule has 0 unspecified atom stereocenters. The largest absolute Gasteiger partial charge is 0.399 e. The predicted molar refractivity (Wildman–Crippen MR) is 59.5 cm³/mol. The van der Waals surface area contributed by atoms with Gasteiger partial charge < -0.3 is 5.73 Å². The highest BCUT2D eigenvalue weighted by molar-refractivity contribution is 8.13. The van der Waals surface area contributed by atoms with Gasteiger partial charge in [-0.1, -0.05) is 6.07 Å². The summed E-state index contributed by atoms with van der Waals surface area (Å²) in [4.78, 5) is 4.45. The minimum Gasteiger partial charge on any atom is -0.399 e. The van der Waals surface area contributed by atoms with E-state index < -0.39 is 0 Å². The average Bonchev–Trinajstić information content (AvgIpc) is 2.17. The normalized spacial score (nSPS) is 15.0. The van der Waals surface area contributed by atoms with E-state index >= 15 is 0 Å². The topological polar surface area (TPSA) is 38.4 Å². The molecule has 3 heteroatoms. The highest BCUT2D eigenvalue weighted by Gasteiger charge is 2.12. The molecule has 0 fully saturated rings. The molecular weight excluding hydrogens is 180 g/mol. The first-order valence-electron chi connectivity index (χ1n) is 4.28. The molecule has 0 aromatic heterocycles. The molecule has 68 valence electrons. The predicted octanol–water partition coefficient (Wildman–Crippen LogP) is 1.93. The number of anilines is 1. The van der Waals surface area contributed by atoms with Crippen LogP contribution in [0.25, 0.3) is 0 Å². The molecule has 13 heavy (non-hydrogen) atoms. The zero-order chi connectivity index (χ0) is 9.26. The summed E-state index contributed by atoms with van der Waals surface area (Å²) in [5.74, 6) is 0. The maximum Gasteiger partial charge on any atom is 0.0977 e. The van der Waals surface area contributed by atoms with Crippen LogP contribution in [0.2, 0.25) is 0 Å². The van der Waals surface area contributed by atoms with Crippen LogP contribution >= 0.6 is 11.8 Å². The van der Waals surface area contributed by atoms with Crippen molar-refractivity contribution in [2.24, 2.45) is 4.99 Å². The van der Waals surface area contributed by atoms with Crippen molar-refractivity contribution < 1.29 is 0 Å². The minimum atomic E-state index is 0.822. The zero-order valence-electron chi connectivity index (χ0n) is 7.58. The lowest BCUT2D eigenvalue weighted by atomic mass is 10.0.